The van der Waals surface area contributed by atoms with Crippen molar-refractivity contribution in [3.05, 3.63) is 65.5 Å². The Kier molecular flexibility index (Phi) is 6.41. The summed E-state index contributed by atoms with van der Waals surface area (Å²) in [6.45, 7) is 1.83. The molecule has 0 saturated heterocycles. The number of halogens is 1. The second-order valence-corrected chi connectivity index (χ2v) is 7.29. The molecule has 1 heterocycles. The number of aliphatic hydroxyl groups is 1. The first-order valence-electron chi connectivity index (χ1n) is 9.69. The van der Waals surface area contributed by atoms with Crippen LogP contribution < -0.4 is 10.6 Å². The SMILES string of the molecule is Cc1ccc(N(C)c2ccc(O)c(-c3ccc(C(=O)N(C)CCO)c(N)n3)c2)c(F)c1. The number of rotatable bonds is 6. The maximum Gasteiger partial charge on any atom is 0.257 e. The highest BCUT2D eigenvalue weighted by Crippen LogP contribution is 2.35. The number of phenolic OH excluding ortho intramolecular Hbond substituents is 1. The third kappa shape index (κ3) is 4.59. The van der Waals surface area contributed by atoms with Crippen molar-refractivity contribution in [3.63, 3.8) is 0 Å². The van der Waals surface area contributed by atoms with E-state index in [-0.39, 0.29) is 42.0 Å². The number of aromatic nitrogens is 1. The Balaban J connectivity index is 1.96. The molecule has 1 aromatic heterocycles. The van der Waals surface area contributed by atoms with Gasteiger partial charge < -0.3 is 25.7 Å². The first-order valence-corrected chi connectivity index (χ1v) is 9.69. The molecule has 0 aliphatic rings. The number of aliphatic hydroxyl groups excluding tert-OH is 1. The fourth-order valence-corrected chi connectivity index (χ4v) is 3.22. The summed E-state index contributed by atoms with van der Waals surface area (Å²) in [7, 11) is 3.28. The maximum atomic E-state index is 14.4. The minimum Gasteiger partial charge on any atom is -0.507 e. The molecule has 2 aromatic carbocycles. The second-order valence-electron chi connectivity index (χ2n) is 7.29. The summed E-state index contributed by atoms with van der Waals surface area (Å²) >= 11 is 0. The average Bonchev–Trinajstić information content (AvgIpc) is 2.73. The van der Waals surface area contributed by atoms with Crippen LogP contribution in [0.15, 0.2) is 48.5 Å². The lowest BCUT2D eigenvalue weighted by atomic mass is 10.1. The average molecular weight is 424 g/mol. The van der Waals surface area contributed by atoms with Crippen LogP contribution in [0.3, 0.4) is 0 Å². The van der Waals surface area contributed by atoms with Gasteiger partial charge in [0, 0.05) is 31.9 Å². The summed E-state index contributed by atoms with van der Waals surface area (Å²) in [5, 5.41) is 19.4. The third-order valence-electron chi connectivity index (χ3n) is 5.05. The highest BCUT2D eigenvalue weighted by atomic mass is 19.1. The summed E-state index contributed by atoms with van der Waals surface area (Å²) in [4.78, 5) is 19.7. The number of aromatic hydroxyl groups is 1. The number of pyridine rings is 1. The fourth-order valence-electron chi connectivity index (χ4n) is 3.22. The molecule has 0 aliphatic heterocycles. The number of phenols is 1. The van der Waals surface area contributed by atoms with Gasteiger partial charge >= 0.3 is 0 Å². The number of nitrogen functional groups attached to an aromatic ring is 1. The van der Waals surface area contributed by atoms with Gasteiger partial charge in [-0.15, -0.1) is 0 Å². The molecule has 3 rings (SSSR count). The number of nitrogens with two attached hydrogens (primary N) is 1. The van der Waals surface area contributed by atoms with E-state index in [4.69, 9.17) is 10.8 Å². The van der Waals surface area contributed by atoms with Gasteiger partial charge in [-0.25, -0.2) is 9.37 Å². The lowest BCUT2D eigenvalue weighted by molar-refractivity contribution is 0.0767. The van der Waals surface area contributed by atoms with Gasteiger partial charge in [-0.3, -0.25) is 4.79 Å². The van der Waals surface area contributed by atoms with E-state index in [1.807, 2.05) is 13.0 Å². The van der Waals surface area contributed by atoms with Gasteiger partial charge in [0.05, 0.1) is 23.6 Å². The minimum absolute atomic E-state index is 0.00928. The number of carbonyl (C=O) groups is 1. The molecule has 8 heteroatoms. The van der Waals surface area contributed by atoms with Crippen LogP contribution >= 0.6 is 0 Å². The number of carbonyl (C=O) groups excluding carboxylic acids is 1. The van der Waals surface area contributed by atoms with Gasteiger partial charge in [-0.2, -0.15) is 0 Å². The van der Waals surface area contributed by atoms with E-state index >= 15 is 0 Å². The van der Waals surface area contributed by atoms with Gasteiger partial charge in [0.2, 0.25) is 0 Å². The van der Waals surface area contributed by atoms with E-state index in [1.54, 1.807) is 43.3 Å². The number of hydrogen-bond donors (Lipinski definition) is 3. The topological polar surface area (TPSA) is 103 Å². The smallest absolute Gasteiger partial charge is 0.257 e. The number of nitrogens with zero attached hydrogens (tertiary/aromatic N) is 3. The van der Waals surface area contributed by atoms with Crippen LogP contribution in [0.1, 0.15) is 15.9 Å². The van der Waals surface area contributed by atoms with Crippen LogP contribution in [-0.4, -0.2) is 53.3 Å². The van der Waals surface area contributed by atoms with Gasteiger partial charge in [-0.1, -0.05) is 6.07 Å². The molecule has 0 spiro atoms. The molecule has 4 N–H and O–H groups in total. The van der Waals surface area contributed by atoms with Crippen LogP contribution in [0.5, 0.6) is 5.75 Å². The molecule has 0 aliphatic carbocycles. The maximum absolute atomic E-state index is 14.4. The molecule has 7 nitrogen and oxygen atoms in total. The van der Waals surface area contributed by atoms with E-state index in [0.717, 1.165) is 5.56 Å². The number of amides is 1. The molecule has 3 aromatic rings. The highest BCUT2D eigenvalue weighted by Gasteiger charge is 2.18. The Morgan fingerprint density at radius 3 is 2.52 bits per heavy atom. The zero-order valence-electron chi connectivity index (χ0n) is 17.6. The van der Waals surface area contributed by atoms with Gasteiger partial charge in [0.1, 0.15) is 17.4 Å². The quantitative estimate of drug-likeness (QED) is 0.561. The standard InChI is InChI=1S/C23H25FN4O3/c1-14-4-8-20(18(24)12-14)28(3)15-5-9-21(30)17(13-15)19-7-6-16(22(25)26-19)23(31)27(2)10-11-29/h4-9,12-13,29-30H,10-11H2,1-3H3,(H2,25,26). The van der Waals surface area contributed by atoms with Crippen molar-refractivity contribution in [2.24, 2.45) is 0 Å². The van der Waals surface area contributed by atoms with Crippen molar-refractivity contribution in [1.82, 2.24) is 9.88 Å². The molecule has 162 valence electrons. The fraction of sp³-hybridized carbons (Fsp3) is 0.217. The van der Waals surface area contributed by atoms with E-state index in [9.17, 15) is 14.3 Å². The van der Waals surface area contributed by atoms with E-state index < -0.39 is 0 Å². The Hall–Kier alpha value is -3.65. The number of benzene rings is 2. The normalized spacial score (nSPS) is 10.7. The molecule has 0 atom stereocenters. The highest BCUT2D eigenvalue weighted by molar-refractivity contribution is 5.98. The van der Waals surface area contributed by atoms with Crippen LogP contribution in [0.4, 0.5) is 21.6 Å². The Bertz CT molecular complexity index is 1120. The largest absolute Gasteiger partial charge is 0.507 e. The minimum atomic E-state index is -0.363. The van der Waals surface area contributed by atoms with Gasteiger partial charge in [0.25, 0.3) is 5.91 Å². The molecule has 0 fully saturated rings. The summed E-state index contributed by atoms with van der Waals surface area (Å²) in [5.41, 5.74) is 8.82. The summed E-state index contributed by atoms with van der Waals surface area (Å²) in [6.07, 6.45) is 0. The van der Waals surface area contributed by atoms with Crippen molar-refractivity contribution in [2.75, 3.05) is 37.9 Å². The van der Waals surface area contributed by atoms with E-state index in [2.05, 4.69) is 4.98 Å². The molecule has 0 radical (unpaired) electrons. The number of anilines is 3. The summed E-state index contributed by atoms with van der Waals surface area (Å²) in [5.74, 6) is -0.729. The Labute approximate surface area is 180 Å². The van der Waals surface area contributed by atoms with Crippen molar-refractivity contribution >= 4 is 23.1 Å². The summed E-state index contributed by atoms with van der Waals surface area (Å²) < 4.78 is 14.4. The molecule has 0 bridgehead atoms. The van der Waals surface area contributed by atoms with Gasteiger partial charge in [-0.05, 0) is 55.0 Å². The van der Waals surface area contributed by atoms with Crippen LogP contribution in [0.25, 0.3) is 11.3 Å². The van der Waals surface area contributed by atoms with Crippen molar-refractivity contribution in [2.45, 2.75) is 6.92 Å². The first kappa shape index (κ1) is 22.0. The number of likely N-dealkylation sites (N-methyl/N-ethyl adjacent to an activating group) is 1. The Morgan fingerprint density at radius 2 is 1.87 bits per heavy atom. The van der Waals surface area contributed by atoms with Crippen molar-refractivity contribution in [1.29, 1.82) is 0 Å². The lowest BCUT2D eigenvalue weighted by Gasteiger charge is -2.21. The van der Waals surface area contributed by atoms with Crippen LogP contribution in [0.2, 0.25) is 0 Å². The van der Waals surface area contributed by atoms with Crippen molar-refractivity contribution < 1.29 is 19.4 Å². The molecule has 1 amide bonds. The number of hydrogen-bond acceptors (Lipinski definition) is 6. The van der Waals surface area contributed by atoms with Crippen LogP contribution in [-0.2, 0) is 0 Å². The van der Waals surface area contributed by atoms with E-state index in [0.29, 0.717) is 22.6 Å². The molecule has 0 unspecified atom stereocenters. The molecular weight excluding hydrogens is 399 g/mol. The Morgan fingerprint density at radius 1 is 1.13 bits per heavy atom. The monoisotopic (exact) mass is 424 g/mol. The van der Waals surface area contributed by atoms with Gasteiger partial charge in [0.15, 0.2) is 0 Å². The zero-order valence-corrected chi connectivity index (χ0v) is 17.6. The lowest BCUT2D eigenvalue weighted by Crippen LogP contribution is -2.30. The van der Waals surface area contributed by atoms with Crippen LogP contribution in [0, 0.1) is 12.7 Å². The van der Waals surface area contributed by atoms with E-state index in [1.165, 1.54) is 23.1 Å². The zero-order chi connectivity index (χ0) is 22.7. The first-order chi connectivity index (χ1) is 14.7. The second kappa shape index (κ2) is 9.01. The predicted molar refractivity (Wildman–Crippen MR) is 119 cm³/mol. The molecule has 31 heavy (non-hydrogen) atoms. The number of aryl methyl sites for hydroxylation is 1. The molecular formula is C23H25FN4O3. The third-order valence-corrected chi connectivity index (χ3v) is 5.05. The molecule has 0 saturated carbocycles. The summed E-state index contributed by atoms with van der Waals surface area (Å²) in [6, 6.07) is 12.9. The predicted octanol–water partition coefficient (Wildman–Crippen LogP) is 3.32. The van der Waals surface area contributed by atoms with Crippen molar-refractivity contribution in [3.8, 4) is 17.0 Å².